The molecule has 1 atom stereocenters. The molecular formula is C14H19BrN4O. The molecule has 0 radical (unpaired) electrons. The van der Waals surface area contributed by atoms with Crippen LogP contribution in [0.3, 0.4) is 0 Å². The number of halogens is 1. The lowest BCUT2D eigenvalue weighted by atomic mass is 10.0. The second-order valence-electron chi connectivity index (χ2n) is 4.73. The first kappa shape index (κ1) is 15.0. The molecule has 1 aromatic carbocycles. The van der Waals surface area contributed by atoms with Gasteiger partial charge in [-0.25, -0.2) is 0 Å². The van der Waals surface area contributed by atoms with Crippen LogP contribution in [0.2, 0.25) is 0 Å². The number of benzene rings is 1. The molecule has 20 heavy (non-hydrogen) atoms. The van der Waals surface area contributed by atoms with Crippen molar-refractivity contribution in [1.82, 2.24) is 15.2 Å². The summed E-state index contributed by atoms with van der Waals surface area (Å²) in [6.07, 6.45) is 0.776. The summed E-state index contributed by atoms with van der Waals surface area (Å²) in [5.74, 6) is 6.52. The van der Waals surface area contributed by atoms with Gasteiger partial charge in [0, 0.05) is 7.05 Å². The second-order valence-corrected chi connectivity index (χ2v) is 5.58. The number of hydrazine groups is 1. The minimum absolute atomic E-state index is 0.0153. The molecule has 0 amide bonds. The van der Waals surface area contributed by atoms with E-state index in [2.05, 4.69) is 26.5 Å². The van der Waals surface area contributed by atoms with E-state index >= 15 is 0 Å². The van der Waals surface area contributed by atoms with Gasteiger partial charge in [-0.2, -0.15) is 5.10 Å². The van der Waals surface area contributed by atoms with Crippen LogP contribution in [-0.2, 0) is 13.5 Å². The van der Waals surface area contributed by atoms with Gasteiger partial charge in [0.25, 0.3) is 0 Å². The lowest BCUT2D eigenvalue weighted by Crippen LogP contribution is -2.31. The highest BCUT2D eigenvalue weighted by Crippen LogP contribution is 2.27. The Morgan fingerprint density at radius 2 is 2.20 bits per heavy atom. The van der Waals surface area contributed by atoms with Crippen LogP contribution in [0, 0.1) is 6.92 Å². The summed E-state index contributed by atoms with van der Waals surface area (Å²) >= 11 is 3.50. The number of rotatable bonds is 5. The maximum Gasteiger partial charge on any atom is 0.133 e. The largest absolute Gasteiger partial charge is 0.496 e. The predicted octanol–water partition coefficient (Wildman–Crippen LogP) is 2.25. The molecular weight excluding hydrogens is 320 g/mol. The van der Waals surface area contributed by atoms with Crippen molar-refractivity contribution in [3.63, 3.8) is 0 Å². The third kappa shape index (κ3) is 3.20. The molecule has 5 nitrogen and oxygen atoms in total. The van der Waals surface area contributed by atoms with Crippen LogP contribution >= 0.6 is 15.9 Å². The van der Waals surface area contributed by atoms with Gasteiger partial charge in [-0.05, 0) is 53.0 Å². The smallest absolute Gasteiger partial charge is 0.133 e. The number of nitrogens with two attached hydrogens (primary N) is 1. The highest BCUT2D eigenvalue weighted by atomic mass is 79.9. The molecule has 0 aliphatic rings. The Kier molecular flexibility index (Phi) is 4.80. The number of ether oxygens (including phenoxy) is 1. The molecule has 1 aromatic heterocycles. The third-order valence-electron chi connectivity index (χ3n) is 3.25. The van der Waals surface area contributed by atoms with Crippen molar-refractivity contribution in [1.29, 1.82) is 0 Å². The van der Waals surface area contributed by atoms with Gasteiger partial charge in [-0.1, -0.05) is 6.07 Å². The minimum atomic E-state index is 0.0153. The van der Waals surface area contributed by atoms with E-state index in [9.17, 15) is 0 Å². The normalized spacial score (nSPS) is 12.4. The minimum Gasteiger partial charge on any atom is -0.496 e. The fraction of sp³-hybridized carbons (Fsp3) is 0.357. The summed E-state index contributed by atoms with van der Waals surface area (Å²) in [5.41, 5.74) is 6.08. The molecule has 0 saturated carbocycles. The van der Waals surface area contributed by atoms with Gasteiger partial charge >= 0.3 is 0 Å². The molecule has 3 N–H and O–H groups in total. The summed E-state index contributed by atoms with van der Waals surface area (Å²) in [4.78, 5) is 0. The standard InChI is InChI=1S/C14H19BrN4O/c1-9-6-13(19(2)18-9)12(17-16)8-10-4-5-14(20-3)11(15)7-10/h4-7,12,17H,8,16H2,1-3H3. The van der Waals surface area contributed by atoms with Gasteiger partial charge in [0.1, 0.15) is 5.75 Å². The molecule has 0 aliphatic carbocycles. The average Bonchev–Trinajstić information content (AvgIpc) is 2.75. The molecule has 0 spiro atoms. The molecule has 0 saturated heterocycles. The van der Waals surface area contributed by atoms with E-state index in [1.807, 2.05) is 42.9 Å². The molecule has 0 fully saturated rings. The maximum absolute atomic E-state index is 5.70. The second kappa shape index (κ2) is 6.39. The number of aromatic nitrogens is 2. The zero-order valence-corrected chi connectivity index (χ0v) is 13.4. The fourth-order valence-electron chi connectivity index (χ4n) is 2.28. The van der Waals surface area contributed by atoms with Gasteiger partial charge in [0.15, 0.2) is 0 Å². The van der Waals surface area contributed by atoms with Crippen molar-refractivity contribution in [3.8, 4) is 5.75 Å². The van der Waals surface area contributed by atoms with Crippen LogP contribution in [0.25, 0.3) is 0 Å². The van der Waals surface area contributed by atoms with Gasteiger partial charge < -0.3 is 4.74 Å². The van der Waals surface area contributed by atoms with Crippen molar-refractivity contribution in [3.05, 3.63) is 45.7 Å². The van der Waals surface area contributed by atoms with Gasteiger partial charge in [0.2, 0.25) is 0 Å². The van der Waals surface area contributed by atoms with E-state index in [-0.39, 0.29) is 6.04 Å². The number of hydrogen-bond donors (Lipinski definition) is 2. The fourth-order valence-corrected chi connectivity index (χ4v) is 2.87. The van der Waals surface area contributed by atoms with Crippen LogP contribution in [0.1, 0.15) is 23.0 Å². The van der Waals surface area contributed by atoms with E-state index in [0.29, 0.717) is 0 Å². The molecule has 0 aliphatic heterocycles. The summed E-state index contributed by atoms with van der Waals surface area (Å²) in [6, 6.07) is 8.09. The molecule has 108 valence electrons. The van der Waals surface area contributed by atoms with Crippen LogP contribution in [0.4, 0.5) is 0 Å². The highest BCUT2D eigenvalue weighted by Gasteiger charge is 2.16. The zero-order valence-electron chi connectivity index (χ0n) is 11.9. The monoisotopic (exact) mass is 338 g/mol. The van der Waals surface area contributed by atoms with Gasteiger partial charge in [0.05, 0.1) is 29.0 Å². The predicted molar refractivity (Wildman–Crippen MR) is 82.4 cm³/mol. The van der Waals surface area contributed by atoms with Crippen molar-refractivity contribution >= 4 is 15.9 Å². The Morgan fingerprint density at radius 1 is 1.45 bits per heavy atom. The van der Waals surface area contributed by atoms with E-state index < -0.39 is 0 Å². The highest BCUT2D eigenvalue weighted by molar-refractivity contribution is 9.10. The number of hydrogen-bond acceptors (Lipinski definition) is 4. The Balaban J connectivity index is 2.22. The molecule has 6 heteroatoms. The Labute approximate surface area is 127 Å². The van der Waals surface area contributed by atoms with E-state index in [0.717, 1.165) is 28.0 Å². The van der Waals surface area contributed by atoms with Crippen LogP contribution in [0.15, 0.2) is 28.7 Å². The number of methoxy groups -OCH3 is 1. The van der Waals surface area contributed by atoms with Crippen molar-refractivity contribution in [2.75, 3.05) is 7.11 Å². The first-order valence-corrected chi connectivity index (χ1v) is 7.13. The number of aryl methyl sites for hydroxylation is 2. The Bertz CT molecular complexity index is 597. The SMILES string of the molecule is COc1ccc(CC(NN)c2cc(C)nn2C)cc1Br. The maximum atomic E-state index is 5.70. The van der Waals surface area contributed by atoms with E-state index in [1.165, 1.54) is 5.56 Å². The molecule has 0 bridgehead atoms. The summed E-state index contributed by atoms with van der Waals surface area (Å²) < 4.78 is 8.04. The van der Waals surface area contributed by atoms with Gasteiger partial charge in [-0.15, -0.1) is 0 Å². The average molecular weight is 339 g/mol. The summed E-state index contributed by atoms with van der Waals surface area (Å²) in [7, 11) is 3.58. The van der Waals surface area contributed by atoms with Crippen molar-refractivity contribution in [2.45, 2.75) is 19.4 Å². The van der Waals surface area contributed by atoms with Crippen molar-refractivity contribution in [2.24, 2.45) is 12.9 Å². The Morgan fingerprint density at radius 3 is 2.70 bits per heavy atom. The van der Waals surface area contributed by atoms with Crippen molar-refractivity contribution < 1.29 is 4.74 Å². The number of nitrogens with one attached hydrogen (secondary N) is 1. The first-order valence-electron chi connectivity index (χ1n) is 6.34. The topological polar surface area (TPSA) is 65.1 Å². The quantitative estimate of drug-likeness (QED) is 0.648. The molecule has 1 heterocycles. The lowest BCUT2D eigenvalue weighted by molar-refractivity contribution is 0.411. The van der Waals surface area contributed by atoms with E-state index in [4.69, 9.17) is 10.6 Å². The van der Waals surface area contributed by atoms with Gasteiger partial charge in [-0.3, -0.25) is 16.0 Å². The van der Waals surface area contributed by atoms with Crippen LogP contribution in [0.5, 0.6) is 5.75 Å². The lowest BCUT2D eigenvalue weighted by Gasteiger charge is -2.17. The number of nitrogens with zero attached hydrogens (tertiary/aromatic N) is 2. The van der Waals surface area contributed by atoms with Crippen LogP contribution < -0.4 is 16.0 Å². The zero-order chi connectivity index (χ0) is 14.7. The first-order chi connectivity index (χ1) is 9.55. The van der Waals surface area contributed by atoms with E-state index in [1.54, 1.807) is 7.11 Å². The summed E-state index contributed by atoms with van der Waals surface area (Å²) in [5, 5.41) is 4.36. The molecule has 2 rings (SSSR count). The third-order valence-corrected chi connectivity index (χ3v) is 3.87. The van der Waals surface area contributed by atoms with Crippen LogP contribution in [-0.4, -0.2) is 16.9 Å². The molecule has 1 unspecified atom stereocenters. The molecule has 2 aromatic rings. The summed E-state index contributed by atoms with van der Waals surface area (Å²) in [6.45, 7) is 1.97. The Hall–Kier alpha value is -1.37.